The summed E-state index contributed by atoms with van der Waals surface area (Å²) in [5, 5.41) is 31.8. The lowest BCUT2D eigenvalue weighted by molar-refractivity contribution is 0.0475. The molecular weight excluding hydrogens is 937 g/mol. The van der Waals surface area contributed by atoms with Gasteiger partial charge >= 0.3 is 12.2 Å². The number of nitrogens with one attached hydrogen (secondary N) is 5. The van der Waals surface area contributed by atoms with Gasteiger partial charge in [-0.25, -0.2) is 24.5 Å². The molecule has 24 heteroatoms. The average molecular weight is 1000 g/mol. The van der Waals surface area contributed by atoms with Crippen LogP contribution < -0.4 is 43.8 Å². The Morgan fingerprint density at radius 3 is 1.52 bits per heavy atom. The Morgan fingerprint density at radius 1 is 0.603 bits per heavy atom. The SMILES string of the molecule is CC(C)(C)OC(=O)N[C@H]1CCCC[C@H]1N.CC(C)(C)OC(=O)N[C@H]1CCCC[C@H]1Nc1ncc(C(N)=O)c(Nc2cccc(-n3nccn3)c2)n1.Cc1ncc(C(N)=O)c(Nc2cccc(-n3nccn3)c2)n1. The molecular formula is C49H66N18O6. The lowest BCUT2D eigenvalue weighted by atomic mass is 9.90. The predicted molar refractivity (Wildman–Crippen MR) is 274 cm³/mol. The topological polar surface area (TPSA) is 338 Å². The fourth-order valence-corrected chi connectivity index (χ4v) is 7.76. The van der Waals surface area contributed by atoms with E-state index in [9.17, 15) is 19.2 Å². The van der Waals surface area contributed by atoms with E-state index in [0.29, 0.717) is 23.3 Å². The van der Waals surface area contributed by atoms with Crippen molar-refractivity contribution in [3.63, 3.8) is 0 Å². The summed E-state index contributed by atoms with van der Waals surface area (Å²) < 4.78 is 10.6. The lowest BCUT2D eigenvalue weighted by Gasteiger charge is -2.33. The zero-order chi connectivity index (χ0) is 52.7. The Kier molecular flexibility index (Phi) is 18.3. The smallest absolute Gasteiger partial charge is 0.407 e. The van der Waals surface area contributed by atoms with Gasteiger partial charge in [-0.3, -0.25) is 9.59 Å². The minimum atomic E-state index is -0.656. The molecule has 4 atom stereocenters. The number of anilines is 5. The van der Waals surface area contributed by atoms with Gasteiger partial charge in [-0.05, 0) is 111 Å². The molecule has 8 rings (SSSR count). The molecule has 0 saturated heterocycles. The molecule has 0 spiro atoms. The molecule has 4 aromatic heterocycles. The van der Waals surface area contributed by atoms with E-state index >= 15 is 0 Å². The van der Waals surface area contributed by atoms with Crippen LogP contribution in [0.2, 0.25) is 0 Å². The molecule has 2 aliphatic rings. The summed E-state index contributed by atoms with van der Waals surface area (Å²) in [7, 11) is 0. The van der Waals surface area contributed by atoms with E-state index in [1.807, 2.05) is 90.1 Å². The fourth-order valence-electron chi connectivity index (χ4n) is 7.76. The third-order valence-corrected chi connectivity index (χ3v) is 11.1. The number of primary amides is 2. The molecule has 388 valence electrons. The largest absolute Gasteiger partial charge is 0.444 e. The quantitative estimate of drug-likeness (QED) is 0.0682. The fraction of sp³-hybridized carbons (Fsp3) is 0.429. The first-order valence-corrected chi connectivity index (χ1v) is 24.0. The highest BCUT2D eigenvalue weighted by Gasteiger charge is 2.30. The molecule has 2 aromatic carbocycles. The van der Waals surface area contributed by atoms with Crippen molar-refractivity contribution in [2.75, 3.05) is 16.0 Å². The van der Waals surface area contributed by atoms with Crippen LogP contribution in [0.3, 0.4) is 0 Å². The first-order chi connectivity index (χ1) is 34.7. The van der Waals surface area contributed by atoms with E-state index in [4.69, 9.17) is 26.7 Å². The zero-order valence-electron chi connectivity index (χ0n) is 42.2. The Balaban J connectivity index is 0.000000199. The van der Waals surface area contributed by atoms with Gasteiger partial charge in [0.2, 0.25) is 5.95 Å². The second kappa shape index (κ2) is 24.7. The van der Waals surface area contributed by atoms with E-state index < -0.39 is 29.1 Å². The van der Waals surface area contributed by atoms with Crippen molar-refractivity contribution in [3.05, 3.63) is 103 Å². The molecule has 4 heterocycles. The molecule has 0 unspecified atom stereocenters. The van der Waals surface area contributed by atoms with Crippen molar-refractivity contribution >= 4 is 53.0 Å². The molecule has 73 heavy (non-hydrogen) atoms. The number of alkyl carbamates (subject to hydrolysis) is 2. The Bertz CT molecular complexity index is 2780. The van der Waals surface area contributed by atoms with Gasteiger partial charge in [0.1, 0.15) is 39.8 Å². The highest BCUT2D eigenvalue weighted by atomic mass is 16.6. The van der Waals surface area contributed by atoms with Crippen LogP contribution in [0.25, 0.3) is 11.4 Å². The monoisotopic (exact) mass is 1000 g/mol. The van der Waals surface area contributed by atoms with Gasteiger partial charge < -0.3 is 53.3 Å². The average Bonchev–Trinajstić information content (AvgIpc) is 4.07. The normalized spacial score (nSPS) is 17.5. The van der Waals surface area contributed by atoms with Gasteiger partial charge in [-0.2, -0.15) is 35.0 Å². The molecule has 0 radical (unpaired) electrons. The Hall–Kier alpha value is -8.28. The van der Waals surface area contributed by atoms with Gasteiger partial charge in [-0.1, -0.05) is 37.8 Å². The predicted octanol–water partition coefficient (Wildman–Crippen LogP) is 6.14. The first-order valence-electron chi connectivity index (χ1n) is 24.0. The second-order valence-corrected chi connectivity index (χ2v) is 19.3. The van der Waals surface area contributed by atoms with E-state index in [2.05, 4.69) is 66.9 Å². The number of aryl methyl sites for hydroxylation is 1. The number of hydrogen-bond acceptors (Lipinski definition) is 18. The summed E-state index contributed by atoms with van der Waals surface area (Å²) in [5.74, 6) is 0.236. The summed E-state index contributed by atoms with van der Waals surface area (Å²) in [6.07, 6.45) is 16.2. The summed E-state index contributed by atoms with van der Waals surface area (Å²) in [6, 6.07) is 14.6. The van der Waals surface area contributed by atoms with E-state index in [0.717, 1.165) is 68.4 Å². The van der Waals surface area contributed by atoms with Crippen molar-refractivity contribution in [1.82, 2.24) is 60.6 Å². The molecule has 0 aliphatic heterocycles. The van der Waals surface area contributed by atoms with Gasteiger partial charge in [0.05, 0.1) is 42.2 Å². The molecule has 0 bridgehead atoms. The molecule has 2 fully saturated rings. The van der Waals surface area contributed by atoms with Gasteiger partial charge in [-0.15, -0.1) is 0 Å². The minimum Gasteiger partial charge on any atom is -0.444 e. The number of aromatic nitrogens is 10. The number of rotatable bonds is 12. The molecule has 2 saturated carbocycles. The number of amides is 4. The lowest BCUT2D eigenvalue weighted by Crippen LogP contribution is -2.50. The minimum absolute atomic E-state index is 0.0752. The van der Waals surface area contributed by atoms with Crippen LogP contribution in [0, 0.1) is 6.92 Å². The maximum absolute atomic E-state index is 12.4. The second-order valence-electron chi connectivity index (χ2n) is 19.3. The maximum Gasteiger partial charge on any atom is 0.407 e. The summed E-state index contributed by atoms with van der Waals surface area (Å²) in [5.41, 5.74) is 19.1. The Labute approximate surface area is 423 Å². The Morgan fingerprint density at radius 2 is 1.04 bits per heavy atom. The molecule has 24 nitrogen and oxygen atoms in total. The van der Waals surface area contributed by atoms with E-state index in [1.54, 1.807) is 31.7 Å². The van der Waals surface area contributed by atoms with Gasteiger partial charge in [0.15, 0.2) is 0 Å². The van der Waals surface area contributed by atoms with Crippen LogP contribution in [-0.4, -0.2) is 109 Å². The first kappa shape index (κ1) is 54.1. The highest BCUT2D eigenvalue weighted by Crippen LogP contribution is 2.26. The zero-order valence-corrected chi connectivity index (χ0v) is 42.2. The highest BCUT2D eigenvalue weighted by molar-refractivity contribution is 5.98. The van der Waals surface area contributed by atoms with Gasteiger partial charge in [0.25, 0.3) is 11.8 Å². The molecule has 4 amide bonds. The standard InChI is InChI=1S/C24H31N9O3.C14H13N7O.C11H22N2O2/c1-24(2,3)36-23(35)31-19-10-5-4-9-18(19)30-22-26-14-17(20(25)34)21(32-22)29-15-7-6-8-16(13-15)33-27-11-12-28-33;1-9-16-8-12(13(15)22)14(19-9)20-10-3-2-4-11(7-10)21-17-5-6-18-21;1-11(2,3)15-10(14)13-9-7-5-4-6-8(9)12/h6-8,11-14,18-19H,4-5,9-10H2,1-3H3,(H2,25,34)(H,31,35)(H2,26,29,30,32);2-8H,1H3,(H2,15,22)(H,16,19,20);8-9H,4-7,12H2,1-3H3,(H,13,14)/t18-,19+;;8-,9+/m1.1/s1. The summed E-state index contributed by atoms with van der Waals surface area (Å²) in [4.78, 5) is 67.3. The number of nitrogens with zero attached hydrogens (tertiary/aromatic N) is 10. The van der Waals surface area contributed by atoms with Crippen LogP contribution in [0.1, 0.15) is 119 Å². The molecule has 6 aromatic rings. The van der Waals surface area contributed by atoms with E-state index in [-0.39, 0.29) is 47.2 Å². The number of carbonyl (C=O) groups is 4. The van der Waals surface area contributed by atoms with Crippen molar-refractivity contribution < 1.29 is 28.7 Å². The van der Waals surface area contributed by atoms with Crippen molar-refractivity contribution in [1.29, 1.82) is 0 Å². The van der Waals surface area contributed by atoms with Crippen molar-refractivity contribution in [2.24, 2.45) is 17.2 Å². The summed E-state index contributed by atoms with van der Waals surface area (Å²) in [6.45, 7) is 12.8. The number of ether oxygens (including phenoxy) is 2. The number of nitrogens with two attached hydrogens (primary N) is 3. The van der Waals surface area contributed by atoms with Crippen molar-refractivity contribution in [3.8, 4) is 11.4 Å². The van der Waals surface area contributed by atoms with Crippen LogP contribution in [0.15, 0.2) is 85.7 Å². The van der Waals surface area contributed by atoms with Crippen molar-refractivity contribution in [2.45, 2.75) is 135 Å². The number of hydrogen-bond donors (Lipinski definition) is 8. The number of carbonyl (C=O) groups excluding carboxylic acids is 4. The third kappa shape index (κ3) is 16.9. The van der Waals surface area contributed by atoms with Crippen LogP contribution >= 0.6 is 0 Å². The van der Waals surface area contributed by atoms with Gasteiger partial charge in [0, 0.05) is 41.9 Å². The van der Waals surface area contributed by atoms with Crippen LogP contribution in [-0.2, 0) is 9.47 Å². The molecule has 2 aliphatic carbocycles. The van der Waals surface area contributed by atoms with Crippen LogP contribution in [0.4, 0.5) is 38.5 Å². The molecule has 11 N–H and O–H groups in total. The maximum atomic E-state index is 12.4. The number of benzene rings is 2. The summed E-state index contributed by atoms with van der Waals surface area (Å²) >= 11 is 0. The third-order valence-electron chi connectivity index (χ3n) is 11.1. The van der Waals surface area contributed by atoms with E-state index in [1.165, 1.54) is 22.0 Å². The van der Waals surface area contributed by atoms with Crippen LogP contribution in [0.5, 0.6) is 0 Å².